The average Bonchev–Trinajstić information content (AvgIpc) is 2.54. The summed E-state index contributed by atoms with van der Waals surface area (Å²) < 4.78 is 9.25. The molecule has 0 bridgehead atoms. The van der Waals surface area contributed by atoms with Crippen molar-refractivity contribution in [3.05, 3.63) is 54.6 Å². The molecule has 12 heavy (non-hydrogen) atoms. The minimum absolute atomic E-state index is 0.309. The third kappa shape index (κ3) is 1.53. The zero-order valence-electron chi connectivity index (χ0n) is 7.64. The number of nitrogens with zero attached hydrogens (tertiary/aromatic N) is 2. The van der Waals surface area contributed by atoms with Crippen molar-refractivity contribution in [2.75, 3.05) is 0 Å². The van der Waals surface area contributed by atoms with Crippen molar-refractivity contribution in [1.82, 2.24) is 9.55 Å². The van der Waals surface area contributed by atoms with Gasteiger partial charge in [-0.3, -0.25) is 0 Å². The van der Waals surface area contributed by atoms with Crippen LogP contribution in [-0.4, -0.2) is 9.55 Å². The molecule has 0 atom stereocenters. The molecule has 60 valence electrons. The van der Waals surface area contributed by atoms with Crippen LogP contribution in [0.4, 0.5) is 0 Å². The van der Waals surface area contributed by atoms with Crippen LogP contribution < -0.4 is 0 Å². The van der Waals surface area contributed by atoms with Gasteiger partial charge in [-0.1, -0.05) is 30.3 Å². The molecular weight excluding hydrogens is 148 g/mol. The van der Waals surface area contributed by atoms with E-state index in [4.69, 9.17) is 1.37 Å². The van der Waals surface area contributed by atoms with E-state index in [-0.39, 0.29) is 0 Å². The number of aromatic nitrogens is 2. The van der Waals surface area contributed by atoms with E-state index in [0.29, 0.717) is 6.30 Å². The Bertz CT molecular complexity index is 381. The second-order valence-electron chi connectivity index (χ2n) is 2.64. The van der Waals surface area contributed by atoms with Crippen molar-refractivity contribution < 1.29 is 1.37 Å². The fraction of sp³-hybridized carbons (Fsp3) is 0.100. The number of hydrogen-bond acceptors (Lipinski definition) is 1. The number of imidazole rings is 1. The highest BCUT2D eigenvalue weighted by molar-refractivity contribution is 5.14. The predicted octanol–water partition coefficient (Wildman–Crippen LogP) is 1.93. The summed E-state index contributed by atoms with van der Waals surface area (Å²) in [6.07, 6.45) is 3.77. The summed E-state index contributed by atoms with van der Waals surface area (Å²) in [5.74, 6) is 0. The Morgan fingerprint density at radius 3 is 2.83 bits per heavy atom. The van der Waals surface area contributed by atoms with E-state index in [9.17, 15) is 0 Å². The highest BCUT2D eigenvalue weighted by atomic mass is 15.0. The monoisotopic (exact) mass is 159 g/mol. The van der Waals surface area contributed by atoms with Crippen LogP contribution in [-0.2, 0) is 6.54 Å². The average molecular weight is 159 g/mol. The first-order valence-electron chi connectivity index (χ1n) is 4.38. The Morgan fingerprint density at radius 2 is 2.17 bits per heavy atom. The summed E-state index contributed by atoms with van der Waals surface area (Å²) in [5.41, 5.74) is 1.19. The van der Waals surface area contributed by atoms with Gasteiger partial charge in [-0.15, -0.1) is 0 Å². The molecule has 2 heteroatoms. The van der Waals surface area contributed by atoms with Crippen LogP contribution in [0, 0.1) is 0 Å². The van der Waals surface area contributed by atoms with Gasteiger partial charge in [0.05, 0.1) is 6.30 Å². The molecule has 2 nitrogen and oxygen atoms in total. The lowest BCUT2D eigenvalue weighted by Crippen LogP contribution is -1.95. The first kappa shape index (κ1) is 6.00. The third-order valence-corrected chi connectivity index (χ3v) is 1.70. The molecule has 0 saturated carbocycles. The Morgan fingerprint density at radius 1 is 1.33 bits per heavy atom. The molecule has 0 saturated heterocycles. The van der Waals surface area contributed by atoms with E-state index in [0.717, 1.165) is 6.54 Å². The summed E-state index contributed by atoms with van der Waals surface area (Å²) in [6.45, 7) is 0.722. The molecular formula is C10H10N2. The fourth-order valence-electron chi connectivity index (χ4n) is 1.12. The molecule has 0 unspecified atom stereocenters. The summed E-state index contributed by atoms with van der Waals surface area (Å²) >= 11 is 0. The summed E-state index contributed by atoms with van der Waals surface area (Å²) in [5, 5.41) is 0. The van der Waals surface area contributed by atoms with Crippen molar-refractivity contribution in [3.8, 4) is 0 Å². The zero-order chi connectivity index (χ0) is 9.10. The predicted molar refractivity (Wildman–Crippen MR) is 47.8 cm³/mol. The standard InChI is InChI=1S/C10H10N2/c1-2-4-10(5-3-1)8-12-7-6-11-9-12/h1-7,9H,8H2/i9D. The van der Waals surface area contributed by atoms with Gasteiger partial charge in [0.2, 0.25) is 0 Å². The van der Waals surface area contributed by atoms with Crippen molar-refractivity contribution >= 4 is 0 Å². The Hall–Kier alpha value is -1.57. The Balaban J connectivity index is 2.20. The smallest absolute Gasteiger partial charge is 0.104 e. The molecule has 0 fully saturated rings. The highest BCUT2D eigenvalue weighted by Crippen LogP contribution is 2.00. The Kier molecular flexibility index (Phi) is 1.61. The lowest BCUT2D eigenvalue weighted by atomic mass is 10.2. The van der Waals surface area contributed by atoms with E-state index in [1.54, 1.807) is 10.8 Å². The van der Waals surface area contributed by atoms with Gasteiger partial charge in [-0.25, -0.2) is 4.98 Å². The quantitative estimate of drug-likeness (QED) is 0.654. The SMILES string of the molecule is [2H]c1nccn1Cc1ccccc1. The van der Waals surface area contributed by atoms with E-state index in [1.165, 1.54) is 5.56 Å². The van der Waals surface area contributed by atoms with Crippen LogP contribution in [0.1, 0.15) is 6.93 Å². The minimum atomic E-state index is 0.309. The first-order valence-corrected chi connectivity index (χ1v) is 3.88. The van der Waals surface area contributed by atoms with Gasteiger partial charge in [0, 0.05) is 18.9 Å². The third-order valence-electron chi connectivity index (χ3n) is 1.70. The van der Waals surface area contributed by atoms with Gasteiger partial charge in [0.1, 0.15) is 1.37 Å². The van der Waals surface area contributed by atoms with Crippen LogP contribution >= 0.6 is 0 Å². The summed E-state index contributed by atoms with van der Waals surface area (Å²) in [7, 11) is 0. The maximum atomic E-state index is 7.45. The summed E-state index contributed by atoms with van der Waals surface area (Å²) in [6, 6.07) is 10.1. The van der Waals surface area contributed by atoms with E-state index < -0.39 is 0 Å². The van der Waals surface area contributed by atoms with Crippen molar-refractivity contribution in [1.29, 1.82) is 0 Å². The molecule has 0 radical (unpaired) electrons. The molecule has 0 aliphatic rings. The second-order valence-corrected chi connectivity index (χ2v) is 2.64. The lowest BCUT2D eigenvalue weighted by molar-refractivity contribution is 0.797. The van der Waals surface area contributed by atoms with Gasteiger partial charge in [0.15, 0.2) is 0 Å². The van der Waals surface area contributed by atoms with Crippen LogP contribution in [0.2, 0.25) is 0 Å². The van der Waals surface area contributed by atoms with Crippen molar-refractivity contribution in [3.63, 3.8) is 0 Å². The van der Waals surface area contributed by atoms with E-state index in [2.05, 4.69) is 4.98 Å². The zero-order valence-corrected chi connectivity index (χ0v) is 6.64. The maximum Gasteiger partial charge on any atom is 0.104 e. The van der Waals surface area contributed by atoms with Crippen LogP contribution in [0.5, 0.6) is 0 Å². The molecule has 0 aliphatic heterocycles. The van der Waals surface area contributed by atoms with Crippen molar-refractivity contribution in [2.45, 2.75) is 6.54 Å². The van der Waals surface area contributed by atoms with E-state index >= 15 is 0 Å². The number of hydrogen-bond donors (Lipinski definition) is 0. The van der Waals surface area contributed by atoms with Crippen LogP contribution in [0.15, 0.2) is 49.0 Å². The van der Waals surface area contributed by atoms with Gasteiger partial charge < -0.3 is 4.57 Å². The van der Waals surface area contributed by atoms with Gasteiger partial charge >= 0.3 is 0 Å². The maximum absolute atomic E-state index is 7.45. The molecule has 1 heterocycles. The van der Waals surface area contributed by atoms with Crippen LogP contribution in [0.3, 0.4) is 0 Å². The van der Waals surface area contributed by atoms with Gasteiger partial charge in [-0.2, -0.15) is 0 Å². The summed E-state index contributed by atoms with van der Waals surface area (Å²) in [4.78, 5) is 3.84. The molecule has 2 aromatic rings. The normalized spacial score (nSPS) is 11.2. The minimum Gasteiger partial charge on any atom is -0.333 e. The van der Waals surface area contributed by atoms with Crippen LogP contribution in [0.25, 0.3) is 0 Å². The lowest BCUT2D eigenvalue weighted by Gasteiger charge is -2.00. The molecule has 1 aromatic heterocycles. The molecule has 0 spiro atoms. The molecule has 0 N–H and O–H groups in total. The number of rotatable bonds is 2. The van der Waals surface area contributed by atoms with E-state index in [1.807, 2.05) is 36.5 Å². The largest absolute Gasteiger partial charge is 0.333 e. The van der Waals surface area contributed by atoms with Gasteiger partial charge in [-0.05, 0) is 5.56 Å². The molecule has 0 aliphatic carbocycles. The molecule has 1 aromatic carbocycles. The molecule has 0 amide bonds. The highest BCUT2D eigenvalue weighted by Gasteiger charge is 1.91. The molecule has 2 rings (SSSR count). The Labute approximate surface area is 72.9 Å². The first-order chi connectivity index (χ1) is 6.36. The fourth-order valence-corrected chi connectivity index (χ4v) is 1.12. The topological polar surface area (TPSA) is 17.8 Å². The van der Waals surface area contributed by atoms with Gasteiger partial charge in [0.25, 0.3) is 0 Å². The number of benzene rings is 1. The van der Waals surface area contributed by atoms with Crippen molar-refractivity contribution in [2.24, 2.45) is 0 Å². The second kappa shape index (κ2) is 3.22.